The summed E-state index contributed by atoms with van der Waals surface area (Å²) in [4.78, 5) is 19.7. The molecule has 2 N–H and O–H groups in total. The fraction of sp³-hybridized carbons (Fsp3) is 0.381. The van der Waals surface area contributed by atoms with Crippen LogP contribution in [0, 0.1) is 13.8 Å². The first-order valence-electron chi connectivity index (χ1n) is 9.46. The second kappa shape index (κ2) is 10.0. The van der Waals surface area contributed by atoms with Crippen LogP contribution in [0.4, 0.5) is 0 Å². The van der Waals surface area contributed by atoms with E-state index in [0.717, 1.165) is 41.6 Å². The van der Waals surface area contributed by atoms with E-state index in [9.17, 15) is 4.79 Å². The summed E-state index contributed by atoms with van der Waals surface area (Å²) in [7, 11) is 1.68. The molecule has 1 saturated heterocycles. The molecule has 0 spiro atoms. The lowest BCUT2D eigenvalue weighted by atomic mass is 9.95. The Kier molecular flexibility index (Phi) is 8.19. The van der Waals surface area contributed by atoms with E-state index in [-0.39, 0.29) is 36.4 Å². The Morgan fingerprint density at radius 2 is 1.87 bits per heavy atom. The van der Waals surface area contributed by atoms with Crippen LogP contribution in [0.25, 0.3) is 10.6 Å². The van der Waals surface area contributed by atoms with Gasteiger partial charge < -0.3 is 5.73 Å². The zero-order valence-corrected chi connectivity index (χ0v) is 19.7. The largest absolute Gasteiger partial charge is 0.326 e. The first kappa shape index (κ1) is 24.5. The van der Waals surface area contributed by atoms with Gasteiger partial charge in [0.15, 0.2) is 0 Å². The maximum Gasteiger partial charge on any atom is 0.277 e. The highest BCUT2D eigenvalue weighted by Crippen LogP contribution is 2.29. The fourth-order valence-corrected chi connectivity index (χ4v) is 4.82. The quantitative estimate of drug-likeness (QED) is 0.636. The van der Waals surface area contributed by atoms with Crippen molar-refractivity contribution in [3.63, 3.8) is 0 Å². The minimum absolute atomic E-state index is 0. The molecule has 1 aliphatic rings. The van der Waals surface area contributed by atoms with Crippen LogP contribution < -0.4 is 11.3 Å². The molecule has 30 heavy (non-hydrogen) atoms. The topological polar surface area (TPSA) is 77.0 Å². The van der Waals surface area contributed by atoms with Crippen molar-refractivity contribution in [1.82, 2.24) is 19.7 Å². The Morgan fingerprint density at radius 3 is 2.57 bits per heavy atom. The number of thiazole rings is 1. The van der Waals surface area contributed by atoms with Crippen molar-refractivity contribution in [3.05, 3.63) is 68.6 Å². The third-order valence-electron chi connectivity index (χ3n) is 5.55. The molecule has 0 aliphatic carbocycles. The first-order valence-corrected chi connectivity index (χ1v) is 10.3. The summed E-state index contributed by atoms with van der Waals surface area (Å²) in [5, 5.41) is 7.07. The molecule has 2 atom stereocenters. The Balaban J connectivity index is 0.00000160. The van der Waals surface area contributed by atoms with Crippen LogP contribution in [0.1, 0.15) is 28.4 Å². The number of halogens is 2. The lowest BCUT2D eigenvalue weighted by Gasteiger charge is -2.15. The highest BCUT2D eigenvalue weighted by molar-refractivity contribution is 7.13. The van der Waals surface area contributed by atoms with Crippen molar-refractivity contribution in [2.24, 2.45) is 12.8 Å². The molecule has 1 aromatic carbocycles. The van der Waals surface area contributed by atoms with Crippen molar-refractivity contribution < 1.29 is 0 Å². The van der Waals surface area contributed by atoms with E-state index in [4.69, 9.17) is 10.7 Å². The minimum atomic E-state index is -0.101. The van der Waals surface area contributed by atoms with E-state index in [2.05, 4.69) is 34.3 Å². The molecule has 0 saturated carbocycles. The van der Waals surface area contributed by atoms with Gasteiger partial charge >= 0.3 is 0 Å². The average Bonchev–Trinajstić information content (AvgIpc) is 3.28. The summed E-state index contributed by atoms with van der Waals surface area (Å²) in [6.45, 7) is 6.37. The number of aromatic nitrogens is 3. The van der Waals surface area contributed by atoms with Crippen LogP contribution in [0.15, 0.2) is 40.5 Å². The molecule has 4 rings (SSSR count). The maximum absolute atomic E-state index is 12.6. The monoisotopic (exact) mass is 467 g/mol. The van der Waals surface area contributed by atoms with E-state index in [1.54, 1.807) is 7.05 Å². The number of hydrogen-bond acceptors (Lipinski definition) is 6. The molecule has 1 fully saturated rings. The lowest BCUT2D eigenvalue weighted by Crippen LogP contribution is -2.28. The van der Waals surface area contributed by atoms with Gasteiger partial charge in [-0.2, -0.15) is 5.10 Å². The molecule has 0 bridgehead atoms. The zero-order chi connectivity index (χ0) is 19.8. The number of rotatable bonds is 4. The molecule has 162 valence electrons. The van der Waals surface area contributed by atoms with Crippen LogP contribution in [-0.4, -0.2) is 38.8 Å². The fourth-order valence-electron chi connectivity index (χ4n) is 3.92. The summed E-state index contributed by atoms with van der Waals surface area (Å²) in [5.74, 6) is 0.344. The van der Waals surface area contributed by atoms with E-state index in [1.807, 2.05) is 25.3 Å². The van der Waals surface area contributed by atoms with Crippen LogP contribution in [0.3, 0.4) is 0 Å². The van der Waals surface area contributed by atoms with Crippen LogP contribution in [-0.2, 0) is 13.6 Å². The van der Waals surface area contributed by atoms with Crippen LogP contribution in [0.5, 0.6) is 0 Å². The Bertz CT molecular complexity index is 1050. The second-order valence-electron chi connectivity index (χ2n) is 7.53. The molecule has 0 amide bonds. The molecule has 3 heterocycles. The van der Waals surface area contributed by atoms with Gasteiger partial charge in [-0.25, -0.2) is 9.67 Å². The zero-order valence-electron chi connectivity index (χ0n) is 17.2. The van der Waals surface area contributed by atoms with Gasteiger partial charge in [0.1, 0.15) is 5.01 Å². The summed E-state index contributed by atoms with van der Waals surface area (Å²) < 4.78 is 1.39. The molecule has 2 aromatic heterocycles. The Hall–Kier alpha value is -1.77. The molecule has 3 aromatic rings. The van der Waals surface area contributed by atoms with Gasteiger partial charge in [0.2, 0.25) is 0 Å². The van der Waals surface area contributed by atoms with Crippen molar-refractivity contribution >= 4 is 36.2 Å². The molecular formula is C21H27Cl2N5OS. The Labute approximate surface area is 193 Å². The lowest BCUT2D eigenvalue weighted by molar-refractivity contribution is 0.320. The second-order valence-corrected chi connectivity index (χ2v) is 8.39. The number of nitrogens with zero attached hydrogens (tertiary/aromatic N) is 4. The van der Waals surface area contributed by atoms with Crippen LogP contribution >= 0.6 is 36.2 Å². The van der Waals surface area contributed by atoms with E-state index in [0.29, 0.717) is 11.5 Å². The molecule has 6 nitrogen and oxygen atoms in total. The molecule has 9 heteroatoms. The van der Waals surface area contributed by atoms with Gasteiger partial charge in [0, 0.05) is 44.0 Å². The van der Waals surface area contributed by atoms with Crippen LogP contribution in [0.2, 0.25) is 0 Å². The van der Waals surface area contributed by atoms with Gasteiger partial charge in [-0.3, -0.25) is 9.69 Å². The van der Waals surface area contributed by atoms with Gasteiger partial charge in [0.25, 0.3) is 5.56 Å². The normalized spacial score (nSPS) is 18.7. The average molecular weight is 468 g/mol. The van der Waals surface area contributed by atoms with Crippen molar-refractivity contribution in [1.29, 1.82) is 0 Å². The van der Waals surface area contributed by atoms with Crippen molar-refractivity contribution in [2.45, 2.75) is 32.4 Å². The van der Waals surface area contributed by atoms with E-state index in [1.165, 1.54) is 21.6 Å². The van der Waals surface area contributed by atoms with Crippen molar-refractivity contribution in [3.8, 4) is 10.6 Å². The number of aryl methyl sites for hydroxylation is 2. The summed E-state index contributed by atoms with van der Waals surface area (Å²) in [5.41, 5.74) is 11.0. The van der Waals surface area contributed by atoms with Gasteiger partial charge in [0.05, 0.1) is 17.0 Å². The molecule has 0 unspecified atom stereocenters. The standard InChI is InChI=1S/C21H25N5OS.2ClH/c1-13-14(2)24-25(3)21(27)19(13)20-23-16(12-28-20)9-26-10-17(18(22)11-26)15-7-5-4-6-8-15;;/h4-8,12,17-18H,9-11,22H2,1-3H3;2*1H/t17-,18+;;/m0../s1. The first-order chi connectivity index (χ1) is 13.4. The molecule has 1 aliphatic heterocycles. The Morgan fingerprint density at radius 1 is 1.17 bits per heavy atom. The number of nitrogens with two attached hydrogens (primary N) is 1. The summed E-state index contributed by atoms with van der Waals surface area (Å²) in [6, 6.07) is 10.6. The van der Waals surface area contributed by atoms with E-state index < -0.39 is 0 Å². The third-order valence-corrected chi connectivity index (χ3v) is 6.45. The SMILES string of the molecule is Cc1nn(C)c(=O)c(-c2nc(CN3C[C@@H](N)[C@H](c4ccccc4)C3)cs2)c1C.Cl.Cl. The minimum Gasteiger partial charge on any atom is -0.326 e. The number of likely N-dealkylation sites (tertiary alicyclic amines) is 1. The summed E-state index contributed by atoms with van der Waals surface area (Å²) in [6.07, 6.45) is 0. The predicted molar refractivity (Wildman–Crippen MR) is 127 cm³/mol. The maximum atomic E-state index is 12.6. The highest BCUT2D eigenvalue weighted by Gasteiger charge is 2.31. The van der Waals surface area contributed by atoms with Gasteiger partial charge in [-0.1, -0.05) is 30.3 Å². The van der Waals surface area contributed by atoms with E-state index >= 15 is 0 Å². The van der Waals surface area contributed by atoms with Crippen molar-refractivity contribution in [2.75, 3.05) is 13.1 Å². The molecular weight excluding hydrogens is 441 g/mol. The summed E-state index contributed by atoms with van der Waals surface area (Å²) >= 11 is 1.52. The third kappa shape index (κ3) is 4.76. The highest BCUT2D eigenvalue weighted by atomic mass is 35.5. The number of benzene rings is 1. The molecule has 0 radical (unpaired) electrons. The number of hydrogen-bond donors (Lipinski definition) is 1. The smallest absolute Gasteiger partial charge is 0.277 e. The van der Waals surface area contributed by atoms with Gasteiger partial charge in [-0.05, 0) is 25.0 Å². The van der Waals surface area contributed by atoms with Gasteiger partial charge in [-0.15, -0.1) is 36.2 Å². The predicted octanol–water partition coefficient (Wildman–Crippen LogP) is 3.29.